The minimum absolute atomic E-state index is 0.0184. The molecule has 0 amide bonds. The second-order valence-corrected chi connectivity index (χ2v) is 12.9. The van der Waals surface area contributed by atoms with E-state index in [1.165, 1.54) is 28.9 Å². The summed E-state index contributed by atoms with van der Waals surface area (Å²) in [7, 11) is -4.07. The van der Waals surface area contributed by atoms with Gasteiger partial charge in [0.2, 0.25) is 5.78 Å². The van der Waals surface area contributed by atoms with Crippen molar-refractivity contribution in [3.63, 3.8) is 0 Å². The molecule has 1 saturated carbocycles. The number of carbonyl (C=O) groups excluding carboxylic acids is 1. The molecule has 0 saturated heterocycles. The molecule has 0 unspecified atom stereocenters. The van der Waals surface area contributed by atoms with Crippen molar-refractivity contribution >= 4 is 44.7 Å². The number of aromatic nitrogens is 2. The smallest absolute Gasteiger partial charge is 0.333 e. The lowest BCUT2D eigenvalue weighted by molar-refractivity contribution is 0.100. The molecule has 1 aromatic carbocycles. The summed E-state index contributed by atoms with van der Waals surface area (Å²) in [5, 5.41) is 16.1. The van der Waals surface area contributed by atoms with Gasteiger partial charge >= 0.3 is 10.3 Å². The normalized spacial score (nSPS) is 21.2. The van der Waals surface area contributed by atoms with Crippen molar-refractivity contribution in [3.8, 4) is 0 Å². The van der Waals surface area contributed by atoms with Gasteiger partial charge in [0.1, 0.15) is 6.33 Å². The first-order chi connectivity index (χ1) is 18.1. The van der Waals surface area contributed by atoms with E-state index in [0.29, 0.717) is 41.9 Å². The molecule has 9 nitrogen and oxygen atoms in total. The lowest BCUT2D eigenvalue weighted by atomic mass is 9.96. The van der Waals surface area contributed by atoms with E-state index in [4.69, 9.17) is 16.7 Å². The van der Waals surface area contributed by atoms with Crippen LogP contribution in [0.2, 0.25) is 5.02 Å². The van der Waals surface area contributed by atoms with Crippen molar-refractivity contribution in [2.45, 2.75) is 45.3 Å². The molecule has 0 bridgehead atoms. The first kappa shape index (κ1) is 27.2. The molecule has 2 aliphatic rings. The van der Waals surface area contributed by atoms with Gasteiger partial charge in [0, 0.05) is 40.8 Å². The molecule has 202 valence electrons. The van der Waals surface area contributed by atoms with Crippen LogP contribution >= 0.6 is 22.9 Å². The molecule has 1 aliphatic carbocycles. The van der Waals surface area contributed by atoms with E-state index in [1.807, 2.05) is 25.1 Å². The zero-order valence-electron chi connectivity index (χ0n) is 20.8. The number of anilines is 1. The molecular formula is C26H29ClN4O5S2. The summed E-state index contributed by atoms with van der Waals surface area (Å²) in [6, 6.07) is 7.94. The van der Waals surface area contributed by atoms with E-state index in [2.05, 4.69) is 25.1 Å². The predicted octanol–water partition coefficient (Wildman–Crippen LogP) is 3.44. The number of halogens is 1. The van der Waals surface area contributed by atoms with E-state index in [-0.39, 0.29) is 24.2 Å². The van der Waals surface area contributed by atoms with E-state index in [0.717, 1.165) is 28.4 Å². The van der Waals surface area contributed by atoms with Crippen LogP contribution in [0.25, 0.3) is 0 Å². The summed E-state index contributed by atoms with van der Waals surface area (Å²) in [4.78, 5) is 26.1. The van der Waals surface area contributed by atoms with E-state index >= 15 is 0 Å². The lowest BCUT2D eigenvalue weighted by Crippen LogP contribution is -2.24. The molecule has 3 N–H and O–H groups in total. The number of hydrogen-bond acceptors (Lipinski definition) is 9. The quantitative estimate of drug-likeness (QED) is 0.370. The fourth-order valence-corrected chi connectivity index (χ4v) is 7.00. The number of nitrogens with two attached hydrogens (primary N) is 1. The molecular weight excluding hydrogens is 548 g/mol. The number of benzene rings is 1. The van der Waals surface area contributed by atoms with Crippen LogP contribution in [0.1, 0.15) is 49.8 Å². The maximum atomic E-state index is 13.6. The molecule has 0 spiro atoms. The molecule has 1 aliphatic heterocycles. The summed E-state index contributed by atoms with van der Waals surface area (Å²) < 4.78 is 26.9. The number of thiophene rings is 1. The highest BCUT2D eigenvalue weighted by atomic mass is 35.5. The second-order valence-electron chi connectivity index (χ2n) is 10.00. The van der Waals surface area contributed by atoms with Crippen molar-refractivity contribution in [1.29, 1.82) is 0 Å². The van der Waals surface area contributed by atoms with Gasteiger partial charge in [-0.15, -0.1) is 11.3 Å². The number of rotatable bonds is 9. The Bertz CT molecular complexity index is 1460. The van der Waals surface area contributed by atoms with Gasteiger partial charge in [-0.25, -0.2) is 15.1 Å². The molecule has 1 fully saturated rings. The molecule has 3 atom stereocenters. The Labute approximate surface area is 230 Å². The van der Waals surface area contributed by atoms with Crippen LogP contribution in [0, 0.1) is 18.8 Å². The Morgan fingerprint density at radius 3 is 2.92 bits per heavy atom. The first-order valence-corrected chi connectivity index (χ1v) is 15.1. The molecule has 3 aromatic rings. The second kappa shape index (κ2) is 11.0. The van der Waals surface area contributed by atoms with E-state index in [1.54, 1.807) is 6.20 Å². The van der Waals surface area contributed by atoms with Crippen LogP contribution in [0.15, 0.2) is 36.8 Å². The molecule has 12 heteroatoms. The van der Waals surface area contributed by atoms with Gasteiger partial charge in [0.05, 0.1) is 28.8 Å². The summed E-state index contributed by atoms with van der Waals surface area (Å²) in [5.74, 6) is -0.459. The fourth-order valence-electron chi connectivity index (χ4n) is 5.45. The van der Waals surface area contributed by atoms with Crippen LogP contribution < -0.4 is 10.0 Å². The fraction of sp³-hybridized carbons (Fsp3) is 0.423. The molecule has 38 heavy (non-hydrogen) atoms. The Morgan fingerprint density at radius 1 is 1.32 bits per heavy atom. The highest BCUT2D eigenvalue weighted by Crippen LogP contribution is 2.36. The molecule has 5 rings (SSSR count). The summed E-state index contributed by atoms with van der Waals surface area (Å²) in [6.45, 7) is 3.48. The standard InChI is InChI=1S/C26H29ClN4O5S2/c1-15-18(12-31-5-4-17-9-20(27)2-3-23(17)31)10-25(37-15)26(33)21-11-29-14-30-22(21)7-16-6-19(24(32)8-16)13-36-38(28,34)35/h2-3,9-11,14,16,19,24,32H,4-8,12-13H2,1H3,(H2,28,34,35)/t16-,19+,24-/m0/s1. The molecule has 3 heterocycles. The number of aliphatic hydroxyl groups is 1. The van der Waals surface area contributed by atoms with Crippen LogP contribution in [-0.4, -0.2) is 48.5 Å². The van der Waals surface area contributed by atoms with Crippen molar-refractivity contribution in [3.05, 3.63) is 74.0 Å². The highest BCUT2D eigenvalue weighted by Gasteiger charge is 2.35. The third kappa shape index (κ3) is 6.08. The topological polar surface area (TPSA) is 136 Å². The van der Waals surface area contributed by atoms with E-state index < -0.39 is 16.4 Å². The average molecular weight is 577 g/mol. The minimum Gasteiger partial charge on any atom is -0.393 e. The number of hydrogen-bond donors (Lipinski definition) is 2. The van der Waals surface area contributed by atoms with E-state index in [9.17, 15) is 18.3 Å². The third-order valence-corrected chi connectivity index (χ3v) is 9.15. The molecule has 2 aromatic heterocycles. The summed E-state index contributed by atoms with van der Waals surface area (Å²) >= 11 is 7.62. The Hall–Kier alpha value is -2.41. The summed E-state index contributed by atoms with van der Waals surface area (Å²) in [6.07, 6.45) is 4.67. The van der Waals surface area contributed by atoms with Crippen molar-refractivity contribution < 1.29 is 22.5 Å². The maximum Gasteiger partial charge on any atom is 0.333 e. The number of fused-ring (bicyclic) bond motifs is 1. The van der Waals surface area contributed by atoms with Crippen molar-refractivity contribution in [1.82, 2.24) is 9.97 Å². The van der Waals surface area contributed by atoms with Gasteiger partial charge in [-0.3, -0.25) is 8.98 Å². The third-order valence-electron chi connectivity index (χ3n) is 7.36. The average Bonchev–Trinajstić information content (AvgIpc) is 3.54. The largest absolute Gasteiger partial charge is 0.393 e. The Morgan fingerprint density at radius 2 is 2.13 bits per heavy atom. The van der Waals surface area contributed by atoms with Gasteiger partial charge in [-0.2, -0.15) is 8.42 Å². The number of aliphatic hydroxyl groups excluding tert-OH is 1. The minimum atomic E-state index is -4.07. The summed E-state index contributed by atoms with van der Waals surface area (Å²) in [5.41, 5.74) is 4.59. The number of aryl methyl sites for hydroxylation is 1. The van der Waals surface area contributed by atoms with Crippen LogP contribution in [0.5, 0.6) is 0 Å². The van der Waals surface area contributed by atoms with Gasteiger partial charge in [-0.05, 0) is 73.9 Å². The van der Waals surface area contributed by atoms with Gasteiger partial charge < -0.3 is 10.0 Å². The van der Waals surface area contributed by atoms with Gasteiger partial charge in [-0.1, -0.05) is 11.6 Å². The zero-order chi connectivity index (χ0) is 27.0. The number of nitrogens with zero attached hydrogens (tertiary/aromatic N) is 3. The van der Waals surface area contributed by atoms with Crippen LogP contribution in [0.3, 0.4) is 0 Å². The first-order valence-electron chi connectivity index (χ1n) is 12.4. The highest BCUT2D eigenvalue weighted by molar-refractivity contribution is 7.84. The number of ketones is 1. The predicted molar refractivity (Wildman–Crippen MR) is 146 cm³/mol. The van der Waals surface area contributed by atoms with Crippen LogP contribution in [-0.2, 0) is 33.9 Å². The maximum absolute atomic E-state index is 13.6. The van der Waals surface area contributed by atoms with Crippen molar-refractivity contribution in [2.75, 3.05) is 18.1 Å². The Kier molecular flexibility index (Phi) is 7.86. The Balaban J connectivity index is 1.29. The molecule has 0 radical (unpaired) electrons. The number of carbonyl (C=O) groups is 1. The zero-order valence-corrected chi connectivity index (χ0v) is 23.2. The van der Waals surface area contributed by atoms with Gasteiger partial charge in [0.25, 0.3) is 0 Å². The van der Waals surface area contributed by atoms with Gasteiger partial charge in [0.15, 0.2) is 0 Å². The monoisotopic (exact) mass is 576 g/mol. The van der Waals surface area contributed by atoms with Crippen molar-refractivity contribution in [2.24, 2.45) is 17.0 Å². The SMILES string of the molecule is Cc1sc(C(=O)c2cncnc2C[C@@H]2C[C@H](COS(N)(=O)=O)[C@@H](O)C2)cc1CN1CCc2cc(Cl)ccc21. The van der Waals surface area contributed by atoms with Crippen LogP contribution in [0.4, 0.5) is 5.69 Å². The lowest BCUT2D eigenvalue weighted by Gasteiger charge is -2.19.